The molecule has 0 N–H and O–H groups in total. The van der Waals surface area contributed by atoms with Gasteiger partial charge in [0.05, 0.1) is 11.8 Å². The fourth-order valence-corrected chi connectivity index (χ4v) is 5.70. The van der Waals surface area contributed by atoms with E-state index in [1.54, 1.807) is 0 Å². The molecule has 0 aromatic carbocycles. The number of unbranched alkanes of at least 4 members (excludes halogenated alkanes) is 1. The molecule has 4 rings (SSSR count). The Morgan fingerprint density at radius 3 is 2.78 bits per heavy atom. The van der Waals surface area contributed by atoms with Crippen LogP contribution in [0.3, 0.4) is 0 Å². The summed E-state index contributed by atoms with van der Waals surface area (Å²) in [6, 6.07) is 0. The van der Waals surface area contributed by atoms with Crippen LogP contribution in [0, 0.1) is 23.7 Å². The molecule has 1 heterocycles. The predicted molar refractivity (Wildman–Crippen MR) is 84.5 cm³/mol. The molecule has 0 amide bonds. The fourth-order valence-electron chi connectivity index (χ4n) is 5.70. The Morgan fingerprint density at radius 2 is 2.04 bits per heavy atom. The van der Waals surface area contributed by atoms with Crippen LogP contribution in [0.1, 0.15) is 71.1 Å². The normalized spacial score (nSPS) is 40.2. The van der Waals surface area contributed by atoms with Gasteiger partial charge in [0.1, 0.15) is 11.7 Å². The standard InChI is InChI=1S/C19H28O4/c1-2-3-7-19(8-5-4-6-9-19)23-18(21)15-12-10-13-14(11-12)22-17(20)16(13)15/h12-16H,2-11H2,1H3. The average Bonchev–Trinajstić information content (AvgIpc) is 3.15. The number of carbonyl (C=O) groups excluding carboxylic acids is 2. The van der Waals surface area contributed by atoms with Gasteiger partial charge in [-0.1, -0.05) is 19.8 Å². The second kappa shape index (κ2) is 5.78. The molecule has 3 aliphatic carbocycles. The monoisotopic (exact) mass is 320 g/mol. The number of hydrogen-bond donors (Lipinski definition) is 0. The summed E-state index contributed by atoms with van der Waals surface area (Å²) in [6.07, 6.45) is 10.7. The van der Waals surface area contributed by atoms with E-state index < -0.39 is 0 Å². The molecule has 4 heteroatoms. The second-order valence-electron chi connectivity index (χ2n) is 8.19. The number of rotatable bonds is 5. The van der Waals surface area contributed by atoms with Gasteiger partial charge in [-0.3, -0.25) is 9.59 Å². The first kappa shape index (κ1) is 15.5. The molecule has 1 aliphatic heterocycles. The van der Waals surface area contributed by atoms with Crippen molar-refractivity contribution in [1.82, 2.24) is 0 Å². The van der Waals surface area contributed by atoms with Crippen molar-refractivity contribution in [1.29, 1.82) is 0 Å². The summed E-state index contributed by atoms with van der Waals surface area (Å²) in [7, 11) is 0. The van der Waals surface area contributed by atoms with Crippen molar-refractivity contribution in [3.8, 4) is 0 Å². The third kappa shape index (κ3) is 2.49. The van der Waals surface area contributed by atoms with Gasteiger partial charge >= 0.3 is 11.9 Å². The Labute approximate surface area is 138 Å². The summed E-state index contributed by atoms with van der Waals surface area (Å²) in [5, 5.41) is 0. The first-order valence-electron chi connectivity index (χ1n) is 9.57. The highest BCUT2D eigenvalue weighted by atomic mass is 16.6. The molecule has 4 aliphatic rings. The highest BCUT2D eigenvalue weighted by molar-refractivity contribution is 5.86. The van der Waals surface area contributed by atoms with E-state index in [9.17, 15) is 9.59 Å². The average molecular weight is 320 g/mol. The second-order valence-corrected chi connectivity index (χ2v) is 8.19. The van der Waals surface area contributed by atoms with Crippen LogP contribution in [0.15, 0.2) is 0 Å². The number of hydrogen-bond acceptors (Lipinski definition) is 4. The molecule has 0 aromatic rings. The van der Waals surface area contributed by atoms with E-state index in [4.69, 9.17) is 9.47 Å². The SMILES string of the molecule is CCCCC1(OC(=O)C2C3CC4OC(=O)C2C4C3)CCCCC1. The summed E-state index contributed by atoms with van der Waals surface area (Å²) in [6.45, 7) is 2.18. The molecule has 0 spiro atoms. The Bertz CT molecular complexity index is 492. The molecule has 4 nitrogen and oxygen atoms in total. The van der Waals surface area contributed by atoms with E-state index in [0.29, 0.717) is 5.92 Å². The Balaban J connectivity index is 1.49. The number of ether oxygens (including phenoxy) is 2. The van der Waals surface area contributed by atoms with Crippen molar-refractivity contribution in [3.63, 3.8) is 0 Å². The minimum absolute atomic E-state index is 0.0882. The third-order valence-electron chi connectivity index (χ3n) is 6.82. The summed E-state index contributed by atoms with van der Waals surface area (Å²) in [5.41, 5.74) is -0.255. The van der Waals surface area contributed by atoms with Crippen LogP contribution in [0.5, 0.6) is 0 Å². The third-order valence-corrected chi connectivity index (χ3v) is 6.82. The molecule has 23 heavy (non-hydrogen) atoms. The van der Waals surface area contributed by atoms with Gasteiger partial charge in [-0.25, -0.2) is 0 Å². The smallest absolute Gasteiger partial charge is 0.310 e. The molecular weight excluding hydrogens is 292 g/mol. The van der Waals surface area contributed by atoms with Crippen LogP contribution in [-0.4, -0.2) is 23.6 Å². The maximum Gasteiger partial charge on any atom is 0.310 e. The van der Waals surface area contributed by atoms with Crippen molar-refractivity contribution in [2.24, 2.45) is 23.7 Å². The van der Waals surface area contributed by atoms with E-state index in [-0.39, 0.29) is 41.4 Å². The van der Waals surface area contributed by atoms with Crippen molar-refractivity contribution >= 4 is 11.9 Å². The van der Waals surface area contributed by atoms with Crippen LogP contribution in [-0.2, 0) is 19.1 Å². The zero-order chi connectivity index (χ0) is 16.0. The van der Waals surface area contributed by atoms with Gasteiger partial charge in [0.15, 0.2) is 0 Å². The highest BCUT2D eigenvalue weighted by Crippen LogP contribution is 2.58. The molecule has 5 atom stereocenters. The molecular formula is C19H28O4. The maximum atomic E-state index is 13.0. The number of esters is 2. The van der Waals surface area contributed by atoms with E-state index >= 15 is 0 Å². The molecule has 4 fully saturated rings. The first-order chi connectivity index (χ1) is 11.1. The molecule has 128 valence electrons. The van der Waals surface area contributed by atoms with Gasteiger partial charge in [0.2, 0.25) is 0 Å². The zero-order valence-corrected chi connectivity index (χ0v) is 14.1. The van der Waals surface area contributed by atoms with E-state index in [0.717, 1.165) is 57.8 Å². The lowest BCUT2D eigenvalue weighted by Crippen LogP contribution is -2.42. The molecule has 5 unspecified atom stereocenters. The molecule has 2 bridgehead atoms. The summed E-state index contributed by atoms with van der Waals surface area (Å²) in [5.74, 6) is -0.0977. The largest absolute Gasteiger partial charge is 0.462 e. The molecule has 3 saturated carbocycles. The summed E-state index contributed by atoms with van der Waals surface area (Å²) in [4.78, 5) is 25.1. The number of fused-ring (bicyclic) bond motifs is 1. The van der Waals surface area contributed by atoms with Crippen molar-refractivity contribution in [3.05, 3.63) is 0 Å². The van der Waals surface area contributed by atoms with Crippen LogP contribution in [0.25, 0.3) is 0 Å². The summed E-state index contributed by atoms with van der Waals surface area (Å²) < 4.78 is 11.6. The first-order valence-corrected chi connectivity index (χ1v) is 9.57. The van der Waals surface area contributed by atoms with Crippen molar-refractivity contribution in [2.75, 3.05) is 0 Å². The van der Waals surface area contributed by atoms with E-state index in [2.05, 4.69) is 6.92 Å². The molecule has 1 saturated heterocycles. The lowest BCUT2D eigenvalue weighted by molar-refractivity contribution is -0.174. The van der Waals surface area contributed by atoms with Crippen molar-refractivity contribution < 1.29 is 19.1 Å². The van der Waals surface area contributed by atoms with Crippen LogP contribution in [0.4, 0.5) is 0 Å². The minimum atomic E-state index is -0.255. The lowest BCUT2D eigenvalue weighted by atomic mass is 9.78. The maximum absolute atomic E-state index is 13.0. The molecule has 0 radical (unpaired) electrons. The predicted octanol–water partition coefficient (Wildman–Crippen LogP) is 3.62. The van der Waals surface area contributed by atoms with Gasteiger partial charge < -0.3 is 9.47 Å². The van der Waals surface area contributed by atoms with Gasteiger partial charge in [0.25, 0.3) is 0 Å². The van der Waals surface area contributed by atoms with E-state index in [1.165, 1.54) is 6.42 Å². The van der Waals surface area contributed by atoms with Gasteiger partial charge in [0, 0.05) is 5.92 Å². The molecule has 0 aromatic heterocycles. The topological polar surface area (TPSA) is 52.6 Å². The number of carbonyl (C=O) groups is 2. The Hall–Kier alpha value is -1.06. The zero-order valence-electron chi connectivity index (χ0n) is 14.1. The quantitative estimate of drug-likeness (QED) is 0.726. The van der Waals surface area contributed by atoms with E-state index in [1.807, 2.05) is 0 Å². The Morgan fingerprint density at radius 1 is 1.26 bits per heavy atom. The summed E-state index contributed by atoms with van der Waals surface area (Å²) >= 11 is 0. The fraction of sp³-hybridized carbons (Fsp3) is 0.895. The Kier molecular flexibility index (Phi) is 3.89. The van der Waals surface area contributed by atoms with Crippen molar-refractivity contribution in [2.45, 2.75) is 82.8 Å². The minimum Gasteiger partial charge on any atom is -0.462 e. The lowest BCUT2D eigenvalue weighted by Gasteiger charge is -2.38. The van der Waals surface area contributed by atoms with Crippen LogP contribution >= 0.6 is 0 Å². The highest BCUT2D eigenvalue weighted by Gasteiger charge is 2.64. The van der Waals surface area contributed by atoms with Gasteiger partial charge in [-0.15, -0.1) is 0 Å². The van der Waals surface area contributed by atoms with Gasteiger partial charge in [-0.2, -0.15) is 0 Å². The van der Waals surface area contributed by atoms with Gasteiger partial charge in [-0.05, 0) is 57.3 Å². The van der Waals surface area contributed by atoms with Crippen LogP contribution in [0.2, 0.25) is 0 Å². The van der Waals surface area contributed by atoms with Crippen LogP contribution < -0.4 is 0 Å².